The maximum absolute atomic E-state index is 14.1. The SMILES string of the molecule is CC.CCCCc1cc(C2NC(CC)C3CC=C(C)C2C3)ccc1F. The summed E-state index contributed by atoms with van der Waals surface area (Å²) in [6, 6.07) is 6.73. The number of nitrogens with one attached hydrogen (secondary N) is 1. The average Bonchev–Trinajstić information content (AvgIpc) is 2.66. The van der Waals surface area contributed by atoms with E-state index in [1.54, 1.807) is 6.07 Å². The highest BCUT2D eigenvalue weighted by molar-refractivity contribution is 5.31. The number of fused-ring (bicyclic) bond motifs is 2. The Kier molecular flexibility index (Phi) is 7.68. The number of hydrogen-bond donors (Lipinski definition) is 1. The number of rotatable bonds is 5. The third-order valence-electron chi connectivity index (χ3n) is 5.92. The zero-order valence-electron chi connectivity index (χ0n) is 16.7. The van der Waals surface area contributed by atoms with E-state index < -0.39 is 0 Å². The summed E-state index contributed by atoms with van der Waals surface area (Å²) in [4.78, 5) is 0. The van der Waals surface area contributed by atoms with Crippen LogP contribution in [-0.4, -0.2) is 6.04 Å². The summed E-state index contributed by atoms with van der Waals surface area (Å²) in [5.74, 6) is 1.30. The number of piperidine rings is 1. The molecular formula is C23H36FN. The summed E-state index contributed by atoms with van der Waals surface area (Å²) in [6.45, 7) is 10.7. The highest BCUT2D eigenvalue weighted by Crippen LogP contribution is 2.44. The van der Waals surface area contributed by atoms with Gasteiger partial charge in [0.2, 0.25) is 0 Å². The van der Waals surface area contributed by atoms with Crippen LogP contribution in [-0.2, 0) is 6.42 Å². The Morgan fingerprint density at radius 3 is 2.64 bits per heavy atom. The van der Waals surface area contributed by atoms with Gasteiger partial charge in [-0.3, -0.25) is 0 Å². The van der Waals surface area contributed by atoms with E-state index in [-0.39, 0.29) is 5.82 Å². The zero-order chi connectivity index (χ0) is 18.4. The van der Waals surface area contributed by atoms with Gasteiger partial charge in [0.25, 0.3) is 0 Å². The van der Waals surface area contributed by atoms with Crippen molar-refractivity contribution in [1.82, 2.24) is 5.32 Å². The van der Waals surface area contributed by atoms with Gasteiger partial charge in [-0.25, -0.2) is 4.39 Å². The third-order valence-corrected chi connectivity index (χ3v) is 5.92. The van der Waals surface area contributed by atoms with Crippen molar-refractivity contribution < 1.29 is 4.39 Å². The van der Waals surface area contributed by atoms with E-state index in [1.165, 1.54) is 30.4 Å². The summed E-state index contributed by atoms with van der Waals surface area (Å²) >= 11 is 0. The van der Waals surface area contributed by atoms with E-state index in [2.05, 4.69) is 38.2 Å². The van der Waals surface area contributed by atoms with Gasteiger partial charge in [-0.2, -0.15) is 0 Å². The van der Waals surface area contributed by atoms with Crippen molar-refractivity contribution in [2.24, 2.45) is 11.8 Å². The lowest BCUT2D eigenvalue weighted by Crippen LogP contribution is -2.48. The van der Waals surface area contributed by atoms with Gasteiger partial charge in [0.1, 0.15) is 5.82 Å². The van der Waals surface area contributed by atoms with E-state index in [0.29, 0.717) is 18.0 Å². The molecule has 1 aromatic carbocycles. The first-order chi connectivity index (χ1) is 12.1. The van der Waals surface area contributed by atoms with Crippen LogP contribution >= 0.6 is 0 Å². The number of aryl methyl sites for hydroxylation is 1. The summed E-state index contributed by atoms with van der Waals surface area (Å²) in [5, 5.41) is 3.89. The molecule has 25 heavy (non-hydrogen) atoms. The Morgan fingerprint density at radius 1 is 1.20 bits per heavy atom. The van der Waals surface area contributed by atoms with Crippen molar-refractivity contribution in [2.45, 2.75) is 85.2 Å². The van der Waals surface area contributed by atoms with Crippen LogP contribution in [0.4, 0.5) is 4.39 Å². The normalized spacial score (nSPS) is 28.0. The molecule has 1 N–H and O–H groups in total. The predicted octanol–water partition coefficient (Wildman–Crippen LogP) is 6.59. The molecule has 0 spiro atoms. The fourth-order valence-corrected chi connectivity index (χ4v) is 4.43. The van der Waals surface area contributed by atoms with Crippen molar-refractivity contribution in [3.63, 3.8) is 0 Å². The molecule has 0 aromatic heterocycles. The lowest BCUT2D eigenvalue weighted by molar-refractivity contribution is 0.166. The van der Waals surface area contributed by atoms with E-state index >= 15 is 0 Å². The van der Waals surface area contributed by atoms with Crippen molar-refractivity contribution in [1.29, 1.82) is 0 Å². The molecule has 4 unspecified atom stereocenters. The molecule has 1 fully saturated rings. The molecule has 1 aliphatic carbocycles. The molecule has 1 aromatic rings. The van der Waals surface area contributed by atoms with E-state index in [4.69, 9.17) is 0 Å². The first-order valence-corrected chi connectivity index (χ1v) is 10.3. The smallest absolute Gasteiger partial charge is 0.126 e. The van der Waals surface area contributed by atoms with Crippen LogP contribution in [0.1, 0.15) is 83.9 Å². The molecule has 140 valence electrons. The molecule has 2 bridgehead atoms. The third kappa shape index (κ3) is 4.53. The monoisotopic (exact) mass is 345 g/mol. The van der Waals surface area contributed by atoms with Gasteiger partial charge in [-0.15, -0.1) is 0 Å². The molecule has 1 heterocycles. The Labute approximate surface area is 154 Å². The van der Waals surface area contributed by atoms with Gasteiger partial charge in [0, 0.05) is 12.1 Å². The molecule has 2 heteroatoms. The van der Waals surface area contributed by atoms with Crippen LogP contribution in [0.15, 0.2) is 29.8 Å². The second kappa shape index (κ2) is 9.52. The number of benzene rings is 1. The van der Waals surface area contributed by atoms with Crippen molar-refractivity contribution in [3.05, 3.63) is 46.8 Å². The van der Waals surface area contributed by atoms with Gasteiger partial charge in [0.05, 0.1) is 0 Å². The minimum Gasteiger partial charge on any atom is -0.306 e. The minimum absolute atomic E-state index is 0.0427. The summed E-state index contributed by atoms with van der Waals surface area (Å²) in [5.41, 5.74) is 3.67. The Balaban J connectivity index is 0.00000109. The molecule has 2 aliphatic rings. The standard InChI is InChI=1S/C21H30FN.C2H6/c1-4-6-7-15-12-17(10-11-19(15)22)21-18-13-16(9-8-14(18)3)20(5-2)23-21;1-2/h8,10-12,16,18,20-21,23H,4-7,9,13H2,1-3H3;1-2H3. The molecule has 4 atom stereocenters. The fourth-order valence-electron chi connectivity index (χ4n) is 4.43. The Morgan fingerprint density at radius 2 is 1.96 bits per heavy atom. The van der Waals surface area contributed by atoms with Crippen LogP contribution in [0.5, 0.6) is 0 Å². The van der Waals surface area contributed by atoms with Crippen LogP contribution in [0.2, 0.25) is 0 Å². The summed E-state index contributed by atoms with van der Waals surface area (Å²) < 4.78 is 14.1. The second-order valence-corrected chi connectivity index (χ2v) is 7.40. The van der Waals surface area contributed by atoms with E-state index in [1.807, 2.05) is 19.9 Å². The lowest BCUT2D eigenvalue weighted by Gasteiger charge is -2.46. The molecular weight excluding hydrogens is 309 g/mol. The van der Waals surface area contributed by atoms with Crippen LogP contribution in [0, 0.1) is 17.7 Å². The van der Waals surface area contributed by atoms with Gasteiger partial charge < -0.3 is 5.32 Å². The topological polar surface area (TPSA) is 12.0 Å². The molecule has 1 saturated heterocycles. The van der Waals surface area contributed by atoms with Crippen LogP contribution < -0.4 is 5.32 Å². The van der Waals surface area contributed by atoms with Crippen LogP contribution in [0.3, 0.4) is 0 Å². The average molecular weight is 346 g/mol. The maximum atomic E-state index is 14.1. The quantitative estimate of drug-likeness (QED) is 0.594. The second-order valence-electron chi connectivity index (χ2n) is 7.40. The maximum Gasteiger partial charge on any atom is 0.126 e. The highest BCUT2D eigenvalue weighted by atomic mass is 19.1. The summed E-state index contributed by atoms with van der Waals surface area (Å²) in [6.07, 6.45) is 9.12. The molecule has 0 saturated carbocycles. The van der Waals surface area contributed by atoms with Crippen LogP contribution in [0.25, 0.3) is 0 Å². The number of allylic oxidation sites excluding steroid dienone is 1. The summed E-state index contributed by atoms with van der Waals surface area (Å²) in [7, 11) is 0. The highest BCUT2D eigenvalue weighted by Gasteiger charge is 2.39. The Bertz CT molecular complexity index is 577. The minimum atomic E-state index is -0.0427. The zero-order valence-corrected chi connectivity index (χ0v) is 16.7. The van der Waals surface area contributed by atoms with Gasteiger partial charge in [0.15, 0.2) is 0 Å². The van der Waals surface area contributed by atoms with E-state index in [9.17, 15) is 4.39 Å². The Hall–Kier alpha value is -1.15. The van der Waals surface area contributed by atoms with Gasteiger partial charge in [-0.05, 0) is 68.1 Å². The predicted molar refractivity (Wildman–Crippen MR) is 106 cm³/mol. The first-order valence-electron chi connectivity index (χ1n) is 10.3. The van der Waals surface area contributed by atoms with E-state index in [0.717, 1.165) is 30.7 Å². The number of hydrogen-bond acceptors (Lipinski definition) is 1. The van der Waals surface area contributed by atoms with Crippen molar-refractivity contribution in [3.8, 4) is 0 Å². The largest absolute Gasteiger partial charge is 0.306 e. The molecule has 3 rings (SSSR count). The lowest BCUT2D eigenvalue weighted by atomic mass is 9.69. The number of halogens is 1. The van der Waals surface area contributed by atoms with Gasteiger partial charge >= 0.3 is 0 Å². The van der Waals surface area contributed by atoms with Crippen molar-refractivity contribution in [2.75, 3.05) is 0 Å². The molecule has 0 amide bonds. The molecule has 1 aliphatic heterocycles. The van der Waals surface area contributed by atoms with Crippen molar-refractivity contribution >= 4 is 0 Å². The van der Waals surface area contributed by atoms with Gasteiger partial charge in [-0.1, -0.05) is 57.9 Å². The molecule has 0 radical (unpaired) electrons. The number of unbranched alkanes of at least 4 members (excludes halogenated alkanes) is 1. The fraction of sp³-hybridized carbons (Fsp3) is 0.652. The first kappa shape index (κ1) is 20.2. The molecule has 1 nitrogen and oxygen atoms in total.